The number of nitrogens with one attached hydrogen (secondary N) is 1. The van der Waals surface area contributed by atoms with Gasteiger partial charge >= 0.3 is 12.1 Å². The number of benzene rings is 2. The van der Waals surface area contributed by atoms with Crippen molar-refractivity contribution in [1.82, 2.24) is 5.32 Å². The molecule has 1 N–H and O–H groups in total. The highest BCUT2D eigenvalue weighted by Crippen LogP contribution is 2.42. The molecule has 1 amide bonds. The zero-order chi connectivity index (χ0) is 27.6. The molecule has 10 heteroatoms. The van der Waals surface area contributed by atoms with Crippen molar-refractivity contribution < 1.29 is 42.7 Å². The van der Waals surface area contributed by atoms with E-state index in [0.717, 1.165) is 11.1 Å². The number of rotatable bonds is 8. The summed E-state index contributed by atoms with van der Waals surface area (Å²) in [5.41, 5.74) is 1.67. The van der Waals surface area contributed by atoms with Gasteiger partial charge in [0.05, 0.1) is 6.61 Å². The van der Waals surface area contributed by atoms with Crippen LogP contribution < -0.4 is 5.32 Å². The molecule has 2 aromatic rings. The van der Waals surface area contributed by atoms with Crippen LogP contribution in [0.4, 0.5) is 4.79 Å². The van der Waals surface area contributed by atoms with E-state index >= 15 is 0 Å². The summed E-state index contributed by atoms with van der Waals surface area (Å²) < 4.78 is 41.3. The smallest absolute Gasteiger partial charge is 0.408 e. The maximum atomic E-state index is 13.6. The van der Waals surface area contributed by atoms with E-state index in [1.54, 1.807) is 27.7 Å². The summed E-state index contributed by atoms with van der Waals surface area (Å²) in [4.78, 5) is 26.4. The third-order valence-corrected chi connectivity index (χ3v) is 6.75. The van der Waals surface area contributed by atoms with E-state index in [4.69, 9.17) is 33.2 Å². The molecule has 3 saturated heterocycles. The van der Waals surface area contributed by atoms with Crippen LogP contribution in [0.2, 0.25) is 0 Å². The van der Waals surface area contributed by atoms with Gasteiger partial charge < -0.3 is 38.5 Å². The average Bonchev–Trinajstić information content (AvgIpc) is 3.52. The molecule has 3 aliphatic heterocycles. The predicted octanol–water partition coefficient (Wildman–Crippen LogP) is 3.46. The standard InChI is InChI=1S/C29H35NO9/c1-28(2)34-17-21(37-28)22-23(24-26(36-22)39-29(3,4)38-24)35-25(31)20(15-18-11-7-5-8-12-18)30-27(32)33-16-19-13-9-6-10-14-19/h5-14,20-24,26H,15-17H2,1-4H3,(H,30,32)/t20-,21+,22+,23-,24+,26+/m1/s1. The maximum Gasteiger partial charge on any atom is 0.408 e. The Balaban J connectivity index is 1.31. The van der Waals surface area contributed by atoms with E-state index in [1.807, 2.05) is 60.7 Å². The van der Waals surface area contributed by atoms with Gasteiger partial charge in [-0.1, -0.05) is 60.7 Å². The van der Waals surface area contributed by atoms with Crippen molar-refractivity contribution >= 4 is 12.1 Å². The molecule has 210 valence electrons. The second-order valence-corrected chi connectivity index (χ2v) is 10.8. The number of hydrogen-bond donors (Lipinski definition) is 1. The first-order valence-electron chi connectivity index (χ1n) is 13.1. The van der Waals surface area contributed by atoms with Crippen LogP contribution in [-0.2, 0) is 51.0 Å². The number of alkyl carbamates (subject to hydrolysis) is 1. The van der Waals surface area contributed by atoms with Gasteiger partial charge in [-0.05, 0) is 38.8 Å². The van der Waals surface area contributed by atoms with Crippen LogP contribution >= 0.6 is 0 Å². The number of ether oxygens (including phenoxy) is 7. The van der Waals surface area contributed by atoms with Gasteiger partial charge in [0.1, 0.15) is 24.9 Å². The zero-order valence-electron chi connectivity index (χ0n) is 22.5. The third-order valence-electron chi connectivity index (χ3n) is 6.75. The fraction of sp³-hybridized carbons (Fsp3) is 0.517. The minimum atomic E-state index is -1.03. The molecule has 39 heavy (non-hydrogen) atoms. The van der Waals surface area contributed by atoms with Crippen molar-refractivity contribution in [2.24, 2.45) is 0 Å². The van der Waals surface area contributed by atoms with Gasteiger partial charge in [0.15, 0.2) is 30.1 Å². The Hall–Kier alpha value is -3.02. The van der Waals surface area contributed by atoms with Crippen molar-refractivity contribution in [2.75, 3.05) is 6.61 Å². The average molecular weight is 542 g/mol. The van der Waals surface area contributed by atoms with Crippen molar-refractivity contribution in [2.45, 2.75) is 89.0 Å². The van der Waals surface area contributed by atoms with Crippen molar-refractivity contribution in [3.05, 3.63) is 71.8 Å². The predicted molar refractivity (Wildman–Crippen MR) is 137 cm³/mol. The van der Waals surface area contributed by atoms with E-state index in [9.17, 15) is 9.59 Å². The normalized spacial score (nSPS) is 29.4. The Labute approximate surface area is 227 Å². The topological polar surface area (TPSA) is 111 Å². The zero-order valence-corrected chi connectivity index (χ0v) is 22.5. The second-order valence-electron chi connectivity index (χ2n) is 10.8. The highest BCUT2D eigenvalue weighted by atomic mass is 16.8. The monoisotopic (exact) mass is 541 g/mol. The van der Waals surface area contributed by atoms with Crippen LogP contribution in [0.1, 0.15) is 38.8 Å². The van der Waals surface area contributed by atoms with Gasteiger partial charge in [-0.2, -0.15) is 0 Å². The summed E-state index contributed by atoms with van der Waals surface area (Å²) in [6, 6.07) is 17.6. The lowest BCUT2D eigenvalue weighted by molar-refractivity contribution is -0.235. The second kappa shape index (κ2) is 11.2. The van der Waals surface area contributed by atoms with E-state index in [2.05, 4.69) is 5.32 Å². The van der Waals surface area contributed by atoms with E-state index in [1.165, 1.54) is 0 Å². The SMILES string of the molecule is CC1(C)O[C@@H]2O[C@@H]([C@@H]3COC(C)(C)O3)[C@@H](OC(=O)[C@@H](Cc3ccccc3)NC(=O)OCc3ccccc3)[C@@H]2O1. The number of carbonyl (C=O) groups is 2. The fourth-order valence-corrected chi connectivity index (χ4v) is 4.98. The molecule has 0 unspecified atom stereocenters. The summed E-state index contributed by atoms with van der Waals surface area (Å²) >= 11 is 0. The molecule has 10 nitrogen and oxygen atoms in total. The Morgan fingerprint density at radius 2 is 1.56 bits per heavy atom. The minimum Gasteiger partial charge on any atom is -0.455 e. The first kappa shape index (κ1) is 27.5. The molecule has 0 spiro atoms. The Morgan fingerprint density at radius 3 is 2.21 bits per heavy atom. The van der Waals surface area contributed by atoms with E-state index in [-0.39, 0.29) is 19.6 Å². The summed E-state index contributed by atoms with van der Waals surface area (Å²) in [5.74, 6) is -2.37. The molecule has 3 fully saturated rings. The number of esters is 1. The van der Waals surface area contributed by atoms with Crippen molar-refractivity contribution in [3.8, 4) is 0 Å². The molecule has 2 aromatic carbocycles. The summed E-state index contributed by atoms with van der Waals surface area (Å²) in [5, 5.41) is 2.68. The highest BCUT2D eigenvalue weighted by molar-refractivity contribution is 5.82. The molecule has 3 aliphatic rings. The molecule has 0 radical (unpaired) electrons. The quantitative estimate of drug-likeness (QED) is 0.502. The van der Waals surface area contributed by atoms with Gasteiger partial charge in [-0.3, -0.25) is 0 Å². The molecular formula is C29H35NO9. The summed E-state index contributed by atoms with van der Waals surface area (Å²) in [7, 11) is 0. The molecule has 0 aromatic heterocycles. The van der Waals surface area contributed by atoms with Gasteiger partial charge in [-0.15, -0.1) is 0 Å². The Morgan fingerprint density at radius 1 is 0.897 bits per heavy atom. The minimum absolute atomic E-state index is 0.0666. The number of hydrogen-bond acceptors (Lipinski definition) is 9. The van der Waals surface area contributed by atoms with Crippen LogP contribution in [-0.4, -0.2) is 67.0 Å². The number of carbonyl (C=O) groups excluding carboxylic acids is 2. The van der Waals surface area contributed by atoms with Crippen LogP contribution in [0.5, 0.6) is 0 Å². The van der Waals surface area contributed by atoms with Crippen LogP contribution in [0.25, 0.3) is 0 Å². The van der Waals surface area contributed by atoms with Gasteiger partial charge in [-0.25, -0.2) is 9.59 Å². The van der Waals surface area contributed by atoms with Crippen LogP contribution in [0, 0.1) is 0 Å². The Kier molecular flexibility index (Phi) is 7.93. The van der Waals surface area contributed by atoms with Crippen molar-refractivity contribution in [1.29, 1.82) is 0 Å². The molecule has 6 atom stereocenters. The first-order chi connectivity index (χ1) is 18.6. The molecule has 0 saturated carbocycles. The van der Waals surface area contributed by atoms with Gasteiger partial charge in [0.25, 0.3) is 0 Å². The van der Waals surface area contributed by atoms with E-state index < -0.39 is 60.4 Å². The lowest BCUT2D eigenvalue weighted by Gasteiger charge is -2.30. The van der Waals surface area contributed by atoms with Gasteiger partial charge in [0.2, 0.25) is 0 Å². The van der Waals surface area contributed by atoms with Gasteiger partial charge in [0, 0.05) is 6.42 Å². The van der Waals surface area contributed by atoms with Crippen LogP contribution in [0.15, 0.2) is 60.7 Å². The molecule has 0 bridgehead atoms. The summed E-state index contributed by atoms with van der Waals surface area (Å²) in [6.07, 6.45) is -4.00. The van der Waals surface area contributed by atoms with Crippen LogP contribution in [0.3, 0.4) is 0 Å². The first-order valence-corrected chi connectivity index (χ1v) is 13.1. The third kappa shape index (κ3) is 6.77. The largest absolute Gasteiger partial charge is 0.455 e. The molecule has 0 aliphatic carbocycles. The molecule has 3 heterocycles. The molecule has 5 rings (SSSR count). The van der Waals surface area contributed by atoms with Crippen molar-refractivity contribution in [3.63, 3.8) is 0 Å². The highest BCUT2D eigenvalue weighted by Gasteiger charge is 2.60. The summed E-state index contributed by atoms with van der Waals surface area (Å²) in [6.45, 7) is 7.47. The molecular weight excluding hydrogens is 506 g/mol. The number of amides is 1. The van der Waals surface area contributed by atoms with E-state index in [0.29, 0.717) is 0 Å². The maximum absolute atomic E-state index is 13.6. The lowest BCUT2D eigenvalue weighted by atomic mass is 10.0. The fourth-order valence-electron chi connectivity index (χ4n) is 4.98. The lowest BCUT2D eigenvalue weighted by Crippen LogP contribution is -2.50. The number of fused-ring (bicyclic) bond motifs is 1. The Bertz CT molecular complexity index is 1140.